The lowest BCUT2D eigenvalue weighted by atomic mass is 9.51. The molecule has 3 heteroatoms. The summed E-state index contributed by atoms with van der Waals surface area (Å²) in [6.07, 6.45) is 54.4. The molecule has 0 saturated heterocycles. The van der Waals surface area contributed by atoms with E-state index < -0.39 is 12.6 Å². The van der Waals surface area contributed by atoms with Gasteiger partial charge in [0.05, 0.1) is 0 Å². The first-order chi connectivity index (χ1) is 37.7. The molecule has 10 rings (SSSR count). The fourth-order valence-corrected chi connectivity index (χ4v) is 20.2. The fourth-order valence-electron chi connectivity index (χ4n) is 20.2. The molecule has 82 heavy (non-hydrogen) atoms. The molecule has 10 aliphatic carbocycles. The van der Waals surface area contributed by atoms with Gasteiger partial charge < -0.3 is 0 Å². The van der Waals surface area contributed by atoms with Gasteiger partial charge in [-0.2, -0.15) is 13.2 Å². The van der Waals surface area contributed by atoms with E-state index >= 15 is 0 Å². The normalized spacial score (nSPS) is 29.5. The van der Waals surface area contributed by atoms with Crippen LogP contribution >= 0.6 is 0 Å². The standard InChI is InChI=1S/C16H30.C14H26.C12H22.C11H20.C11H22.C9H18.C6H11F3/c1-13-6-8-16(9-7-13)11-14(2,3)10-15(4,5)12-16;1-12-4-6-14(7-5-12)10-8-13(2,3)9-11-14;1-11-5-9-12(10-6-11)7-3-2-4-8-12;1-10-4-8-11(9-5-10)6-2-3-7-11;1-9-6-10(2,3)8-11(4,5)7-9;1-8-4-6-9(2,3)7-5-8;1-3-5(2)4-6(7,8)9/h13H,6-12H2,1-5H3;12H,4-11H2,1-3H3;11H,2-10H2,1H3;10H,2-9H2,1H3;9H,6-8H2,1-5H3;8H,4-7H2,1-3H3;5H,3-4H2,1-2H3/t;;;;;;5-/m......0/s1. The van der Waals surface area contributed by atoms with Crippen LogP contribution in [0.15, 0.2) is 0 Å². The van der Waals surface area contributed by atoms with Gasteiger partial charge in [0.2, 0.25) is 0 Å². The zero-order valence-corrected chi connectivity index (χ0v) is 59.7. The van der Waals surface area contributed by atoms with Gasteiger partial charge in [-0.3, -0.25) is 0 Å². The van der Waals surface area contributed by atoms with Crippen LogP contribution in [0.1, 0.15) is 402 Å². The first kappa shape index (κ1) is 74.3. The Kier molecular flexibility index (Phi) is 28.5. The van der Waals surface area contributed by atoms with Crippen molar-refractivity contribution in [3.05, 3.63) is 0 Å². The van der Waals surface area contributed by atoms with E-state index in [1.54, 1.807) is 65.2 Å². The minimum absolute atomic E-state index is 0.231. The van der Waals surface area contributed by atoms with Crippen molar-refractivity contribution in [3.63, 3.8) is 0 Å². The summed E-state index contributed by atoms with van der Waals surface area (Å²) in [6.45, 7) is 47.1. The minimum atomic E-state index is -3.98. The molecule has 0 nitrogen and oxygen atoms in total. The maximum absolute atomic E-state index is 11.5. The minimum Gasteiger partial charge on any atom is -0.171 e. The first-order valence-corrected chi connectivity index (χ1v) is 36.8. The third-order valence-electron chi connectivity index (χ3n) is 24.9. The van der Waals surface area contributed by atoms with E-state index in [4.69, 9.17) is 0 Å². The Labute approximate surface area is 514 Å². The van der Waals surface area contributed by atoms with Gasteiger partial charge in [0.15, 0.2) is 0 Å². The smallest absolute Gasteiger partial charge is 0.171 e. The van der Waals surface area contributed by atoms with Crippen LogP contribution in [0.25, 0.3) is 0 Å². The number of alkyl halides is 3. The average Bonchev–Trinajstić information content (AvgIpc) is 3.82. The summed E-state index contributed by atoms with van der Waals surface area (Å²) in [4.78, 5) is 0. The summed E-state index contributed by atoms with van der Waals surface area (Å²) >= 11 is 0. The van der Waals surface area contributed by atoms with E-state index in [0.717, 1.165) is 51.8 Å². The van der Waals surface area contributed by atoms with Crippen molar-refractivity contribution in [2.75, 3.05) is 0 Å². The molecule has 0 amide bonds. The quantitative estimate of drug-likeness (QED) is 0.259. The van der Waals surface area contributed by atoms with Gasteiger partial charge in [0.1, 0.15) is 0 Å². The second-order valence-corrected chi connectivity index (χ2v) is 38.2. The van der Waals surface area contributed by atoms with Crippen molar-refractivity contribution in [3.8, 4) is 0 Å². The van der Waals surface area contributed by atoms with Crippen molar-refractivity contribution >= 4 is 0 Å². The Hall–Kier alpha value is -0.210. The molecule has 0 aromatic carbocycles. The van der Waals surface area contributed by atoms with Crippen LogP contribution in [0.4, 0.5) is 13.2 Å². The summed E-state index contributed by atoms with van der Waals surface area (Å²) in [6, 6.07) is 0. The van der Waals surface area contributed by atoms with E-state index in [2.05, 4.69) is 125 Å². The number of rotatable bonds is 2. The highest BCUT2D eigenvalue weighted by atomic mass is 19.4. The SMILES string of the molecule is CC1CC(C)(C)CC(C)(C)C1.CC1CCC(C)(C)CC1.CC1CCC2(CC1)CC(C)(C)CC(C)(C)C2.CC1CCC2(CC1)CCC(C)(C)CC2.CC1CCC2(CCCC2)CC1.CC1CCC2(CCCCC2)CC1.CC[C@H](C)CC(F)(F)F. The van der Waals surface area contributed by atoms with Crippen molar-refractivity contribution < 1.29 is 13.2 Å². The molecule has 1 atom stereocenters. The molecule has 0 unspecified atom stereocenters. The molecule has 10 fully saturated rings. The Bertz CT molecular complexity index is 1670. The maximum atomic E-state index is 11.5. The zero-order chi connectivity index (χ0) is 61.5. The molecule has 0 N–H and O–H groups in total. The molecular weight excluding hydrogens is 1010 g/mol. The van der Waals surface area contributed by atoms with Gasteiger partial charge in [-0.25, -0.2) is 0 Å². The van der Waals surface area contributed by atoms with Crippen LogP contribution in [0.3, 0.4) is 0 Å². The Morgan fingerprint density at radius 2 is 0.573 bits per heavy atom. The van der Waals surface area contributed by atoms with Crippen LogP contribution in [0.5, 0.6) is 0 Å². The number of hydrogen-bond acceptors (Lipinski definition) is 0. The highest BCUT2D eigenvalue weighted by molar-refractivity contribution is 4.99. The van der Waals surface area contributed by atoms with Crippen LogP contribution in [-0.4, -0.2) is 6.18 Å². The zero-order valence-electron chi connectivity index (χ0n) is 59.7. The van der Waals surface area contributed by atoms with Gasteiger partial charge in [-0.1, -0.05) is 241 Å². The summed E-state index contributed by atoms with van der Waals surface area (Å²) < 4.78 is 34.5. The molecule has 10 aliphatic rings. The van der Waals surface area contributed by atoms with Crippen molar-refractivity contribution in [1.82, 2.24) is 0 Å². The van der Waals surface area contributed by atoms with Gasteiger partial charge >= 0.3 is 6.18 Å². The number of hydrogen-bond donors (Lipinski definition) is 0. The Balaban J connectivity index is 0.000000208. The largest absolute Gasteiger partial charge is 0.389 e. The lowest BCUT2D eigenvalue weighted by molar-refractivity contribution is -0.143. The average molecular weight is 1160 g/mol. The highest BCUT2D eigenvalue weighted by Crippen LogP contribution is 2.60. The topological polar surface area (TPSA) is 0 Å². The van der Waals surface area contributed by atoms with Crippen LogP contribution < -0.4 is 0 Å². The Morgan fingerprint density at radius 1 is 0.305 bits per heavy atom. The Morgan fingerprint density at radius 3 is 0.854 bits per heavy atom. The lowest BCUT2D eigenvalue weighted by Gasteiger charge is -2.54. The van der Waals surface area contributed by atoms with E-state index in [1.165, 1.54) is 199 Å². The molecule has 0 heterocycles. The second kappa shape index (κ2) is 31.5. The summed E-state index contributed by atoms with van der Waals surface area (Å²) in [5, 5.41) is 0. The lowest BCUT2D eigenvalue weighted by Crippen LogP contribution is -2.43. The predicted molar refractivity (Wildman–Crippen MR) is 358 cm³/mol. The van der Waals surface area contributed by atoms with Gasteiger partial charge in [0, 0.05) is 6.42 Å². The molecule has 0 bridgehead atoms. The molecule has 486 valence electrons. The van der Waals surface area contributed by atoms with Gasteiger partial charge in [0.25, 0.3) is 0 Å². The molecule has 0 radical (unpaired) electrons. The predicted octanol–water partition coefficient (Wildman–Crippen LogP) is 28.2. The van der Waals surface area contributed by atoms with Crippen molar-refractivity contribution in [1.29, 1.82) is 0 Å². The van der Waals surface area contributed by atoms with Crippen LogP contribution in [0.2, 0.25) is 0 Å². The molecular formula is C79H149F3. The molecule has 4 spiro atoms. The van der Waals surface area contributed by atoms with E-state index in [1.807, 2.05) is 0 Å². The van der Waals surface area contributed by atoms with Gasteiger partial charge in [-0.15, -0.1) is 0 Å². The van der Waals surface area contributed by atoms with Gasteiger partial charge in [-0.05, 0) is 250 Å². The van der Waals surface area contributed by atoms with E-state index in [0.29, 0.717) is 44.3 Å². The van der Waals surface area contributed by atoms with Crippen LogP contribution in [-0.2, 0) is 0 Å². The summed E-state index contributed by atoms with van der Waals surface area (Å²) in [5.74, 6) is 5.74. The third-order valence-corrected chi connectivity index (χ3v) is 24.9. The van der Waals surface area contributed by atoms with Crippen molar-refractivity contribution in [2.45, 2.75) is 408 Å². The molecule has 0 aromatic heterocycles. The molecule has 0 aliphatic heterocycles. The maximum Gasteiger partial charge on any atom is 0.389 e. The van der Waals surface area contributed by atoms with E-state index in [-0.39, 0.29) is 5.92 Å². The molecule has 10 saturated carbocycles. The number of halogens is 3. The second-order valence-electron chi connectivity index (χ2n) is 38.2. The fraction of sp³-hybridized carbons (Fsp3) is 1.00. The first-order valence-electron chi connectivity index (χ1n) is 36.8. The van der Waals surface area contributed by atoms with E-state index in [9.17, 15) is 13.2 Å². The summed E-state index contributed by atoms with van der Waals surface area (Å²) in [7, 11) is 0. The third kappa shape index (κ3) is 27.7. The monoisotopic (exact) mass is 1160 g/mol. The van der Waals surface area contributed by atoms with Crippen LogP contribution in [0, 0.1) is 95.6 Å². The summed E-state index contributed by atoms with van der Waals surface area (Å²) in [5.41, 5.74) is 6.81. The van der Waals surface area contributed by atoms with Crippen molar-refractivity contribution in [2.24, 2.45) is 95.6 Å². The highest BCUT2D eigenvalue weighted by Gasteiger charge is 2.48. The molecule has 0 aromatic rings.